The van der Waals surface area contributed by atoms with E-state index in [0.29, 0.717) is 12.3 Å². The number of aliphatic hydroxyl groups excluding tert-OH is 1. The van der Waals surface area contributed by atoms with Crippen LogP contribution < -0.4 is 5.32 Å². The molecule has 160 valence electrons. The van der Waals surface area contributed by atoms with Crippen molar-refractivity contribution >= 4 is 0 Å². The van der Waals surface area contributed by atoms with Crippen LogP contribution in [-0.4, -0.2) is 36.5 Å². The summed E-state index contributed by atoms with van der Waals surface area (Å²) < 4.78 is 5.72. The third-order valence-corrected chi connectivity index (χ3v) is 5.20. The van der Waals surface area contributed by atoms with Crippen molar-refractivity contribution in [3.05, 3.63) is 65.2 Å². The van der Waals surface area contributed by atoms with Crippen LogP contribution in [0.4, 0.5) is 0 Å². The third-order valence-electron chi connectivity index (χ3n) is 5.20. The minimum Gasteiger partial charge on any atom is -0.508 e. The zero-order valence-electron chi connectivity index (χ0n) is 17.8. The van der Waals surface area contributed by atoms with Crippen LogP contribution in [-0.2, 0) is 17.6 Å². The number of aliphatic hydroxyl groups is 1. The van der Waals surface area contributed by atoms with E-state index in [1.807, 2.05) is 13.0 Å². The number of aryl methyl sites for hydroxylation is 2. The van der Waals surface area contributed by atoms with E-state index in [4.69, 9.17) is 4.74 Å². The van der Waals surface area contributed by atoms with Gasteiger partial charge in [-0.3, -0.25) is 0 Å². The highest BCUT2D eigenvalue weighted by Crippen LogP contribution is 2.22. The molecular weight excluding hydrogens is 362 g/mol. The number of ether oxygens (including phenoxy) is 1. The van der Waals surface area contributed by atoms with Gasteiger partial charge in [0.25, 0.3) is 0 Å². The highest BCUT2D eigenvalue weighted by atomic mass is 16.5. The van der Waals surface area contributed by atoms with Crippen molar-refractivity contribution in [3.63, 3.8) is 0 Å². The number of hydrogen-bond acceptors (Lipinski definition) is 4. The molecule has 0 amide bonds. The van der Waals surface area contributed by atoms with Crippen LogP contribution in [0, 0.1) is 0 Å². The van der Waals surface area contributed by atoms with Crippen LogP contribution in [0.15, 0.2) is 48.5 Å². The maximum absolute atomic E-state index is 10.3. The number of unbranched alkanes of at least 4 members (excludes halogenated alkanes) is 3. The van der Waals surface area contributed by atoms with E-state index in [-0.39, 0.29) is 0 Å². The van der Waals surface area contributed by atoms with Crippen LogP contribution in [0.3, 0.4) is 0 Å². The van der Waals surface area contributed by atoms with E-state index in [1.165, 1.54) is 12.0 Å². The van der Waals surface area contributed by atoms with Crippen LogP contribution in [0.25, 0.3) is 0 Å². The van der Waals surface area contributed by atoms with Crippen molar-refractivity contribution in [2.75, 3.05) is 26.3 Å². The number of aromatic hydroxyl groups is 1. The Labute approximate surface area is 175 Å². The second kappa shape index (κ2) is 14.2. The van der Waals surface area contributed by atoms with Crippen LogP contribution in [0.2, 0.25) is 0 Å². The Bertz CT molecular complexity index is 675. The fraction of sp³-hybridized carbons (Fsp3) is 0.520. The van der Waals surface area contributed by atoms with Gasteiger partial charge in [0.2, 0.25) is 0 Å². The summed E-state index contributed by atoms with van der Waals surface area (Å²) in [6.45, 7) is 5.11. The second-order valence-corrected chi connectivity index (χ2v) is 7.58. The van der Waals surface area contributed by atoms with Gasteiger partial charge in [-0.2, -0.15) is 0 Å². The molecule has 4 heteroatoms. The first-order valence-corrected chi connectivity index (χ1v) is 11.0. The molecule has 1 atom stereocenters. The maximum Gasteiger partial charge on any atom is 0.118 e. The maximum atomic E-state index is 10.3. The Morgan fingerprint density at radius 2 is 1.69 bits per heavy atom. The van der Waals surface area contributed by atoms with Gasteiger partial charge in [0.05, 0.1) is 6.10 Å². The van der Waals surface area contributed by atoms with Crippen molar-refractivity contribution in [1.29, 1.82) is 0 Å². The van der Waals surface area contributed by atoms with Gasteiger partial charge in [-0.1, -0.05) is 43.3 Å². The molecule has 0 aromatic heterocycles. The van der Waals surface area contributed by atoms with Crippen molar-refractivity contribution < 1.29 is 14.9 Å². The lowest BCUT2D eigenvalue weighted by Crippen LogP contribution is -2.22. The lowest BCUT2D eigenvalue weighted by molar-refractivity contribution is 0.126. The van der Waals surface area contributed by atoms with Crippen LogP contribution in [0.1, 0.15) is 61.8 Å². The molecule has 0 saturated carbocycles. The molecule has 1 unspecified atom stereocenters. The molecule has 0 spiro atoms. The molecule has 0 aliphatic heterocycles. The largest absolute Gasteiger partial charge is 0.508 e. The smallest absolute Gasteiger partial charge is 0.118 e. The van der Waals surface area contributed by atoms with E-state index in [0.717, 1.165) is 69.4 Å². The van der Waals surface area contributed by atoms with Gasteiger partial charge in [-0.15, -0.1) is 0 Å². The van der Waals surface area contributed by atoms with Crippen molar-refractivity contribution in [1.82, 2.24) is 5.32 Å². The van der Waals surface area contributed by atoms with Crippen LogP contribution in [0.5, 0.6) is 5.75 Å². The van der Waals surface area contributed by atoms with Gasteiger partial charge in [-0.05, 0) is 80.3 Å². The van der Waals surface area contributed by atoms with E-state index < -0.39 is 6.10 Å². The van der Waals surface area contributed by atoms with Crippen molar-refractivity contribution in [3.8, 4) is 5.75 Å². The molecule has 0 bridgehead atoms. The Morgan fingerprint density at radius 1 is 0.931 bits per heavy atom. The molecule has 29 heavy (non-hydrogen) atoms. The van der Waals surface area contributed by atoms with Gasteiger partial charge >= 0.3 is 0 Å². The summed E-state index contributed by atoms with van der Waals surface area (Å²) in [6.07, 6.45) is 6.94. The molecular formula is C25H37NO3. The first-order chi connectivity index (χ1) is 14.2. The van der Waals surface area contributed by atoms with Gasteiger partial charge in [0.1, 0.15) is 5.75 Å². The Morgan fingerprint density at radius 3 is 2.45 bits per heavy atom. The summed E-state index contributed by atoms with van der Waals surface area (Å²) in [6, 6.07) is 16.0. The van der Waals surface area contributed by atoms with Crippen LogP contribution >= 0.6 is 0 Å². The molecule has 2 aromatic rings. The third kappa shape index (κ3) is 9.44. The second-order valence-electron chi connectivity index (χ2n) is 7.58. The first-order valence-electron chi connectivity index (χ1n) is 11.0. The summed E-state index contributed by atoms with van der Waals surface area (Å²) in [5.74, 6) is 0.301. The topological polar surface area (TPSA) is 61.7 Å². The molecule has 0 fully saturated rings. The molecule has 3 N–H and O–H groups in total. The summed E-state index contributed by atoms with van der Waals surface area (Å²) in [7, 11) is 0. The SMILES string of the molecule is CCc1cc(C(O)CNCCCCCOCCCCc2ccccc2)ccc1O. The first kappa shape index (κ1) is 23.4. The highest BCUT2D eigenvalue weighted by molar-refractivity contribution is 5.37. The van der Waals surface area contributed by atoms with Gasteiger partial charge in [0, 0.05) is 19.8 Å². The number of rotatable bonds is 15. The lowest BCUT2D eigenvalue weighted by atomic mass is 10.0. The van der Waals surface area contributed by atoms with Gasteiger partial charge < -0.3 is 20.3 Å². The predicted octanol–water partition coefficient (Wildman–Crippen LogP) is 4.79. The van der Waals surface area contributed by atoms with Gasteiger partial charge in [0.15, 0.2) is 0 Å². The van der Waals surface area contributed by atoms with E-state index in [9.17, 15) is 10.2 Å². The monoisotopic (exact) mass is 399 g/mol. The minimum atomic E-state index is -0.542. The fourth-order valence-corrected chi connectivity index (χ4v) is 3.36. The molecule has 0 heterocycles. The quantitative estimate of drug-likeness (QED) is 0.377. The summed E-state index contributed by atoms with van der Waals surface area (Å²) in [5.41, 5.74) is 3.13. The molecule has 0 radical (unpaired) electrons. The lowest BCUT2D eigenvalue weighted by Gasteiger charge is -2.14. The molecule has 0 aliphatic rings. The Balaban J connectivity index is 1.41. The average Bonchev–Trinajstić information content (AvgIpc) is 2.75. The highest BCUT2D eigenvalue weighted by Gasteiger charge is 2.09. The van der Waals surface area contributed by atoms with Crippen molar-refractivity contribution in [2.45, 2.75) is 58.0 Å². The number of nitrogens with one attached hydrogen (secondary N) is 1. The Hall–Kier alpha value is -1.88. The van der Waals surface area contributed by atoms with Gasteiger partial charge in [-0.25, -0.2) is 0 Å². The average molecular weight is 400 g/mol. The summed E-state index contributed by atoms with van der Waals surface area (Å²) in [5, 5.41) is 23.3. The zero-order valence-corrected chi connectivity index (χ0v) is 17.8. The Kier molecular flexibility index (Phi) is 11.4. The zero-order chi connectivity index (χ0) is 20.7. The molecule has 4 nitrogen and oxygen atoms in total. The number of phenols is 1. The fourth-order valence-electron chi connectivity index (χ4n) is 3.36. The van der Waals surface area contributed by atoms with Crippen molar-refractivity contribution in [2.24, 2.45) is 0 Å². The summed E-state index contributed by atoms with van der Waals surface area (Å²) in [4.78, 5) is 0. The normalized spacial score (nSPS) is 12.2. The summed E-state index contributed by atoms with van der Waals surface area (Å²) >= 11 is 0. The number of phenolic OH excluding ortho intramolecular Hbond substituents is 1. The number of hydrogen-bond donors (Lipinski definition) is 3. The molecule has 0 saturated heterocycles. The molecule has 2 rings (SSSR count). The molecule has 0 aliphatic carbocycles. The van der Waals surface area contributed by atoms with E-state index in [1.54, 1.807) is 12.1 Å². The standard InChI is InChI=1S/C25H37NO3/c1-2-22-19-23(14-15-24(22)27)25(28)20-26-16-8-4-9-17-29-18-10-7-13-21-11-5-3-6-12-21/h3,5-6,11-12,14-15,19,25-28H,2,4,7-10,13,16-18,20H2,1H3. The molecule has 2 aromatic carbocycles. The minimum absolute atomic E-state index is 0.301. The predicted molar refractivity (Wildman–Crippen MR) is 119 cm³/mol. The number of benzene rings is 2. The van der Waals surface area contributed by atoms with E-state index >= 15 is 0 Å². The van der Waals surface area contributed by atoms with E-state index in [2.05, 4.69) is 35.6 Å².